The minimum atomic E-state index is -0.313. The highest BCUT2D eigenvalue weighted by atomic mass is 32.2. The number of benzene rings is 1. The molecule has 1 amide bonds. The van der Waals surface area contributed by atoms with Gasteiger partial charge in [0, 0.05) is 6.54 Å². The van der Waals surface area contributed by atoms with Crippen molar-refractivity contribution < 1.29 is 9.18 Å². The van der Waals surface area contributed by atoms with Gasteiger partial charge in [-0.2, -0.15) is 0 Å². The van der Waals surface area contributed by atoms with E-state index in [1.807, 2.05) is 5.41 Å². The van der Waals surface area contributed by atoms with Gasteiger partial charge in [0.2, 0.25) is 5.91 Å². The Morgan fingerprint density at radius 3 is 2.81 bits per heavy atom. The quantitative estimate of drug-likeness (QED) is 0.686. The molecule has 108 valence electrons. The lowest BCUT2D eigenvalue weighted by Crippen LogP contribution is -2.57. The van der Waals surface area contributed by atoms with Gasteiger partial charge in [0.05, 0.1) is 11.3 Å². The van der Waals surface area contributed by atoms with E-state index in [4.69, 9.17) is 12.2 Å². The van der Waals surface area contributed by atoms with Gasteiger partial charge in [-0.25, -0.2) is 4.39 Å². The second-order valence-electron chi connectivity index (χ2n) is 4.80. The van der Waals surface area contributed by atoms with Crippen molar-refractivity contribution in [1.82, 2.24) is 10.2 Å². The molecule has 6 heteroatoms. The average Bonchev–Trinajstić information content (AvgIpc) is 2.88. The number of carbonyl (C=O) groups is 1. The first kappa shape index (κ1) is 14.3. The van der Waals surface area contributed by atoms with Crippen LogP contribution in [-0.4, -0.2) is 27.8 Å². The zero-order valence-electron chi connectivity index (χ0n) is 11.1. The van der Waals surface area contributed by atoms with Gasteiger partial charge in [-0.3, -0.25) is 9.69 Å². The van der Waals surface area contributed by atoms with Gasteiger partial charge in [-0.15, -0.1) is 18.3 Å². The van der Waals surface area contributed by atoms with E-state index in [0.717, 1.165) is 11.1 Å². The van der Waals surface area contributed by atoms with E-state index in [9.17, 15) is 9.18 Å². The number of thioether (sulfide) groups is 1. The minimum absolute atomic E-state index is 0.0378. The molecule has 0 spiro atoms. The molecule has 2 atom stereocenters. The molecule has 1 fully saturated rings. The molecule has 0 saturated carbocycles. The van der Waals surface area contributed by atoms with Gasteiger partial charge in [0.1, 0.15) is 5.82 Å². The van der Waals surface area contributed by atoms with Crippen LogP contribution in [-0.2, 0) is 4.79 Å². The van der Waals surface area contributed by atoms with Crippen molar-refractivity contribution in [3.05, 3.63) is 53.7 Å². The molecular weight excluding hydrogens is 307 g/mol. The molecule has 3 rings (SSSR count). The molecule has 1 saturated heterocycles. The number of rotatable bonds is 3. The molecule has 1 aromatic rings. The van der Waals surface area contributed by atoms with Gasteiger partial charge < -0.3 is 5.32 Å². The van der Waals surface area contributed by atoms with E-state index < -0.39 is 0 Å². The number of fused-ring (bicyclic) bond motifs is 1. The van der Waals surface area contributed by atoms with Crippen molar-refractivity contribution in [2.24, 2.45) is 5.92 Å². The Balaban J connectivity index is 1.92. The van der Waals surface area contributed by atoms with Crippen LogP contribution in [0.3, 0.4) is 0 Å². The first-order valence-electron chi connectivity index (χ1n) is 6.46. The van der Waals surface area contributed by atoms with Crippen LogP contribution in [0.2, 0.25) is 0 Å². The summed E-state index contributed by atoms with van der Waals surface area (Å²) in [5, 5.41) is 5.47. The summed E-state index contributed by atoms with van der Waals surface area (Å²) in [6.07, 6.45) is 1.65. The number of hydrogen-bond donors (Lipinski definition) is 1. The summed E-state index contributed by atoms with van der Waals surface area (Å²) in [4.78, 5) is 14.2. The van der Waals surface area contributed by atoms with Crippen molar-refractivity contribution in [1.29, 1.82) is 0 Å². The highest BCUT2D eigenvalue weighted by molar-refractivity contribution is 8.03. The van der Waals surface area contributed by atoms with Crippen molar-refractivity contribution >= 4 is 40.6 Å². The molecule has 2 unspecified atom stereocenters. The Labute approximate surface area is 131 Å². The second kappa shape index (κ2) is 5.61. The van der Waals surface area contributed by atoms with Crippen molar-refractivity contribution in [3.63, 3.8) is 0 Å². The Hall–Kier alpha value is -1.66. The van der Waals surface area contributed by atoms with Crippen LogP contribution < -0.4 is 5.32 Å². The summed E-state index contributed by atoms with van der Waals surface area (Å²) in [6.45, 7) is 4.04. The predicted molar refractivity (Wildman–Crippen MR) is 86.9 cm³/mol. The molecule has 21 heavy (non-hydrogen) atoms. The van der Waals surface area contributed by atoms with Crippen LogP contribution in [0.25, 0.3) is 5.57 Å². The third-order valence-corrected chi connectivity index (χ3v) is 4.92. The maximum atomic E-state index is 13.1. The zero-order valence-corrected chi connectivity index (χ0v) is 12.7. The SMILES string of the molecule is C=CCN1C(=O)C2C(c3ccc(F)cc3)=CSC2NC1=S. The standard InChI is InChI=1S/C15H13FN2OS2/c1-2-7-18-14(19)12-11(8-21-13(12)17-15(18)20)9-3-5-10(16)6-4-9/h2-6,8,12-13H,1,7H2,(H,17,20). The Morgan fingerprint density at radius 2 is 2.14 bits per heavy atom. The number of nitrogens with zero attached hydrogens (tertiary/aromatic N) is 1. The van der Waals surface area contributed by atoms with E-state index in [2.05, 4.69) is 11.9 Å². The highest BCUT2D eigenvalue weighted by Gasteiger charge is 2.44. The third kappa shape index (κ3) is 2.49. The number of nitrogens with one attached hydrogen (secondary N) is 1. The van der Waals surface area contributed by atoms with Crippen LogP contribution >= 0.6 is 24.0 Å². The molecule has 2 aliphatic rings. The Bertz CT molecular complexity index is 642. The van der Waals surface area contributed by atoms with Crippen LogP contribution in [0.5, 0.6) is 0 Å². The molecule has 3 nitrogen and oxygen atoms in total. The van der Waals surface area contributed by atoms with E-state index in [-0.39, 0.29) is 23.0 Å². The smallest absolute Gasteiger partial charge is 0.239 e. The second-order valence-corrected chi connectivity index (χ2v) is 6.20. The number of halogens is 1. The van der Waals surface area contributed by atoms with Gasteiger partial charge in [0.25, 0.3) is 0 Å². The lowest BCUT2D eigenvalue weighted by molar-refractivity contribution is -0.130. The average molecular weight is 320 g/mol. The predicted octanol–water partition coefficient (Wildman–Crippen LogP) is 2.76. The largest absolute Gasteiger partial charge is 0.349 e. The summed E-state index contributed by atoms with van der Waals surface area (Å²) >= 11 is 6.76. The van der Waals surface area contributed by atoms with E-state index in [0.29, 0.717) is 11.7 Å². The van der Waals surface area contributed by atoms with Crippen LogP contribution in [0, 0.1) is 11.7 Å². The monoisotopic (exact) mass is 320 g/mol. The lowest BCUT2D eigenvalue weighted by atomic mass is 9.91. The molecule has 0 aromatic heterocycles. The Kier molecular flexibility index (Phi) is 3.82. The van der Waals surface area contributed by atoms with Crippen LogP contribution in [0.15, 0.2) is 42.3 Å². The first-order valence-corrected chi connectivity index (χ1v) is 7.81. The molecule has 0 aliphatic carbocycles. The highest BCUT2D eigenvalue weighted by Crippen LogP contribution is 2.42. The summed E-state index contributed by atoms with van der Waals surface area (Å²) in [7, 11) is 0. The molecule has 2 aliphatic heterocycles. The number of amides is 1. The maximum absolute atomic E-state index is 13.1. The zero-order chi connectivity index (χ0) is 15.0. The van der Waals surface area contributed by atoms with E-state index in [1.54, 1.807) is 18.2 Å². The number of thiocarbonyl (C=S) groups is 1. The summed E-state index contributed by atoms with van der Waals surface area (Å²) in [6, 6.07) is 6.20. The number of hydrogen-bond acceptors (Lipinski definition) is 3. The fraction of sp³-hybridized carbons (Fsp3) is 0.200. The third-order valence-electron chi connectivity index (χ3n) is 3.51. The number of carbonyl (C=O) groups excluding carboxylic acids is 1. The van der Waals surface area contributed by atoms with Crippen molar-refractivity contribution in [3.8, 4) is 0 Å². The van der Waals surface area contributed by atoms with Gasteiger partial charge >= 0.3 is 0 Å². The fourth-order valence-corrected chi connectivity index (χ4v) is 4.04. The summed E-state index contributed by atoms with van der Waals surface area (Å²) in [5.74, 6) is -0.638. The van der Waals surface area contributed by atoms with E-state index in [1.165, 1.54) is 28.8 Å². The van der Waals surface area contributed by atoms with Gasteiger partial charge in [-0.1, -0.05) is 18.2 Å². The molecule has 1 N–H and O–H groups in total. The van der Waals surface area contributed by atoms with Crippen LogP contribution in [0.4, 0.5) is 4.39 Å². The van der Waals surface area contributed by atoms with E-state index >= 15 is 0 Å². The molecule has 0 bridgehead atoms. The molecule has 0 radical (unpaired) electrons. The van der Waals surface area contributed by atoms with Crippen molar-refractivity contribution in [2.75, 3.05) is 6.54 Å². The summed E-state index contributed by atoms with van der Waals surface area (Å²) in [5.41, 5.74) is 1.76. The van der Waals surface area contributed by atoms with Gasteiger partial charge in [0.15, 0.2) is 5.11 Å². The fourth-order valence-electron chi connectivity index (χ4n) is 2.50. The first-order chi connectivity index (χ1) is 10.1. The molecular formula is C15H13FN2OS2. The molecule has 2 heterocycles. The van der Waals surface area contributed by atoms with Crippen LogP contribution in [0.1, 0.15) is 5.56 Å². The van der Waals surface area contributed by atoms with Gasteiger partial charge in [-0.05, 0) is 40.9 Å². The minimum Gasteiger partial charge on any atom is -0.349 e. The summed E-state index contributed by atoms with van der Waals surface area (Å²) < 4.78 is 13.1. The topological polar surface area (TPSA) is 32.3 Å². The van der Waals surface area contributed by atoms with Crippen molar-refractivity contribution in [2.45, 2.75) is 5.37 Å². The lowest BCUT2D eigenvalue weighted by Gasteiger charge is -2.36. The maximum Gasteiger partial charge on any atom is 0.239 e. The molecule has 1 aromatic carbocycles. The normalized spacial score (nSPS) is 24.4. The Morgan fingerprint density at radius 1 is 1.43 bits per heavy atom.